The standard InChI is InChI=1S/C10H5F3N2O3/c11-4-1-6(13)7(2-5(4)12)15-9(17)3-8(16)14-10(15)18/h1-2H,3H2,(H,14,16,18). The topological polar surface area (TPSA) is 66.5 Å². The third kappa shape index (κ3) is 1.92. The minimum Gasteiger partial charge on any atom is -0.277 e. The van der Waals surface area contributed by atoms with E-state index in [1.165, 1.54) is 0 Å². The van der Waals surface area contributed by atoms with E-state index in [4.69, 9.17) is 0 Å². The number of carbonyl (C=O) groups excluding carboxylic acids is 3. The zero-order valence-corrected chi connectivity index (χ0v) is 8.67. The number of hydrogen-bond donors (Lipinski definition) is 1. The van der Waals surface area contributed by atoms with E-state index in [2.05, 4.69) is 0 Å². The van der Waals surface area contributed by atoms with Gasteiger partial charge in [-0.3, -0.25) is 14.9 Å². The van der Waals surface area contributed by atoms with Gasteiger partial charge in [0.1, 0.15) is 6.42 Å². The van der Waals surface area contributed by atoms with Gasteiger partial charge in [0.2, 0.25) is 11.8 Å². The van der Waals surface area contributed by atoms with Crippen molar-refractivity contribution < 1.29 is 27.6 Å². The van der Waals surface area contributed by atoms with E-state index >= 15 is 0 Å². The molecule has 1 aliphatic heterocycles. The fourth-order valence-electron chi connectivity index (χ4n) is 1.48. The predicted molar refractivity (Wildman–Crippen MR) is 52.0 cm³/mol. The summed E-state index contributed by atoms with van der Waals surface area (Å²) in [6, 6.07) is -0.624. The third-order valence-corrected chi connectivity index (χ3v) is 2.24. The Morgan fingerprint density at radius 2 is 1.61 bits per heavy atom. The molecule has 0 saturated carbocycles. The van der Waals surface area contributed by atoms with Crippen LogP contribution in [0.15, 0.2) is 12.1 Å². The third-order valence-electron chi connectivity index (χ3n) is 2.24. The number of carbonyl (C=O) groups is 3. The van der Waals surface area contributed by atoms with Crippen molar-refractivity contribution in [2.75, 3.05) is 4.90 Å². The van der Waals surface area contributed by atoms with Gasteiger partial charge in [0.15, 0.2) is 17.5 Å². The highest BCUT2D eigenvalue weighted by Gasteiger charge is 2.34. The van der Waals surface area contributed by atoms with E-state index in [-0.39, 0.29) is 11.0 Å². The molecule has 18 heavy (non-hydrogen) atoms. The lowest BCUT2D eigenvalue weighted by Crippen LogP contribution is -2.53. The first-order valence-electron chi connectivity index (χ1n) is 4.71. The quantitative estimate of drug-likeness (QED) is 0.605. The minimum atomic E-state index is -1.45. The Morgan fingerprint density at radius 1 is 1.00 bits per heavy atom. The van der Waals surface area contributed by atoms with Crippen molar-refractivity contribution in [1.82, 2.24) is 5.32 Å². The lowest BCUT2D eigenvalue weighted by Gasteiger charge is -2.24. The summed E-state index contributed by atoms with van der Waals surface area (Å²) >= 11 is 0. The van der Waals surface area contributed by atoms with Crippen LogP contribution in [0, 0.1) is 17.5 Å². The number of urea groups is 1. The Morgan fingerprint density at radius 3 is 2.22 bits per heavy atom. The highest BCUT2D eigenvalue weighted by molar-refractivity contribution is 6.26. The molecule has 4 amide bonds. The summed E-state index contributed by atoms with van der Waals surface area (Å²) in [5.74, 6) is -6.01. The Labute approximate surface area is 98.2 Å². The van der Waals surface area contributed by atoms with Crippen molar-refractivity contribution in [3.8, 4) is 0 Å². The van der Waals surface area contributed by atoms with Crippen LogP contribution in [0.1, 0.15) is 6.42 Å². The number of hydrogen-bond acceptors (Lipinski definition) is 3. The fraction of sp³-hybridized carbons (Fsp3) is 0.100. The van der Waals surface area contributed by atoms with Gasteiger partial charge in [-0.2, -0.15) is 0 Å². The molecular weight excluding hydrogens is 253 g/mol. The van der Waals surface area contributed by atoms with Gasteiger partial charge in [0.05, 0.1) is 5.69 Å². The van der Waals surface area contributed by atoms with Crippen LogP contribution in [-0.4, -0.2) is 17.8 Å². The second kappa shape index (κ2) is 4.13. The molecule has 8 heteroatoms. The summed E-state index contributed by atoms with van der Waals surface area (Å²) in [5.41, 5.74) is -0.746. The maximum atomic E-state index is 13.4. The maximum absolute atomic E-state index is 13.4. The summed E-state index contributed by atoms with van der Waals surface area (Å²) in [7, 11) is 0. The maximum Gasteiger partial charge on any atom is 0.335 e. The lowest BCUT2D eigenvalue weighted by atomic mass is 10.2. The molecule has 0 radical (unpaired) electrons. The second-order valence-corrected chi connectivity index (χ2v) is 3.48. The molecule has 1 aromatic carbocycles. The largest absolute Gasteiger partial charge is 0.335 e. The van der Waals surface area contributed by atoms with Gasteiger partial charge in [-0.25, -0.2) is 22.9 Å². The molecule has 5 nitrogen and oxygen atoms in total. The highest BCUT2D eigenvalue weighted by atomic mass is 19.2. The van der Waals surface area contributed by atoms with E-state index in [9.17, 15) is 27.6 Å². The van der Waals surface area contributed by atoms with Crippen LogP contribution in [-0.2, 0) is 9.59 Å². The van der Waals surface area contributed by atoms with Crippen LogP contribution in [0.3, 0.4) is 0 Å². The van der Waals surface area contributed by atoms with Crippen molar-refractivity contribution >= 4 is 23.5 Å². The van der Waals surface area contributed by atoms with Crippen LogP contribution in [0.25, 0.3) is 0 Å². The summed E-state index contributed by atoms with van der Waals surface area (Å²) < 4.78 is 39.1. The molecule has 0 bridgehead atoms. The molecule has 1 N–H and O–H groups in total. The number of barbiturate groups is 1. The molecule has 1 aromatic rings. The molecule has 2 rings (SSSR count). The van der Waals surface area contributed by atoms with Crippen molar-refractivity contribution in [3.05, 3.63) is 29.6 Å². The smallest absolute Gasteiger partial charge is 0.277 e. The molecule has 1 heterocycles. The molecule has 0 atom stereocenters. The van der Waals surface area contributed by atoms with Crippen LogP contribution in [0.4, 0.5) is 23.7 Å². The number of imide groups is 2. The Bertz CT molecular complexity index is 554. The predicted octanol–water partition coefficient (Wildman–Crippen LogP) is 1.08. The molecule has 0 unspecified atom stereocenters. The second-order valence-electron chi connectivity index (χ2n) is 3.48. The number of benzene rings is 1. The van der Waals surface area contributed by atoms with Gasteiger partial charge in [-0.1, -0.05) is 0 Å². The minimum absolute atomic E-state index is 0.210. The molecular formula is C10H5F3N2O3. The first-order chi connectivity index (χ1) is 8.40. The summed E-state index contributed by atoms with van der Waals surface area (Å²) in [6.07, 6.45) is -0.676. The van der Waals surface area contributed by atoms with E-state index in [1.54, 1.807) is 5.32 Å². The molecule has 1 fully saturated rings. The van der Waals surface area contributed by atoms with Crippen LogP contribution in [0.5, 0.6) is 0 Å². The van der Waals surface area contributed by atoms with E-state index in [0.29, 0.717) is 6.07 Å². The van der Waals surface area contributed by atoms with Gasteiger partial charge in [-0.05, 0) is 0 Å². The number of nitrogens with zero attached hydrogens (tertiary/aromatic N) is 1. The molecule has 1 saturated heterocycles. The van der Waals surface area contributed by atoms with Gasteiger partial charge >= 0.3 is 6.03 Å². The molecule has 0 aromatic heterocycles. The SMILES string of the molecule is O=C1CC(=O)N(c2cc(F)c(F)cc2F)C(=O)N1. The van der Waals surface area contributed by atoms with Gasteiger partial charge in [0, 0.05) is 12.1 Å². The zero-order chi connectivity index (χ0) is 13.4. The Hall–Kier alpha value is -2.38. The summed E-state index contributed by atoms with van der Waals surface area (Å²) in [6.45, 7) is 0. The molecule has 0 aliphatic carbocycles. The van der Waals surface area contributed by atoms with Crippen LogP contribution in [0.2, 0.25) is 0 Å². The highest BCUT2D eigenvalue weighted by Crippen LogP contribution is 2.24. The van der Waals surface area contributed by atoms with Crippen molar-refractivity contribution in [2.24, 2.45) is 0 Å². The van der Waals surface area contributed by atoms with E-state index in [0.717, 1.165) is 0 Å². The van der Waals surface area contributed by atoms with Gasteiger partial charge in [-0.15, -0.1) is 0 Å². The van der Waals surface area contributed by atoms with Gasteiger partial charge < -0.3 is 0 Å². The average Bonchev–Trinajstić information content (AvgIpc) is 2.24. The van der Waals surface area contributed by atoms with E-state index < -0.39 is 47.4 Å². The van der Waals surface area contributed by atoms with Gasteiger partial charge in [0.25, 0.3) is 0 Å². The Kier molecular flexibility index (Phi) is 2.77. The zero-order valence-electron chi connectivity index (χ0n) is 8.67. The van der Waals surface area contributed by atoms with Crippen molar-refractivity contribution in [2.45, 2.75) is 6.42 Å². The summed E-state index contributed by atoms with van der Waals surface area (Å²) in [4.78, 5) is 33.9. The number of halogens is 3. The number of anilines is 1. The lowest BCUT2D eigenvalue weighted by molar-refractivity contribution is -0.128. The molecule has 1 aliphatic rings. The number of amides is 4. The monoisotopic (exact) mass is 258 g/mol. The van der Waals surface area contributed by atoms with E-state index in [1.807, 2.05) is 0 Å². The molecule has 0 spiro atoms. The first-order valence-corrected chi connectivity index (χ1v) is 4.71. The first kappa shape index (κ1) is 12.1. The number of rotatable bonds is 1. The Balaban J connectivity index is 2.48. The molecule has 94 valence electrons. The normalized spacial score (nSPS) is 15.9. The number of nitrogens with one attached hydrogen (secondary N) is 1. The van der Waals surface area contributed by atoms with Crippen molar-refractivity contribution in [3.63, 3.8) is 0 Å². The summed E-state index contributed by atoms with van der Waals surface area (Å²) in [5, 5.41) is 1.76. The average molecular weight is 258 g/mol. The fourth-order valence-corrected chi connectivity index (χ4v) is 1.48. The van der Waals surface area contributed by atoms with Crippen molar-refractivity contribution in [1.29, 1.82) is 0 Å². The van der Waals surface area contributed by atoms with Crippen LogP contribution >= 0.6 is 0 Å². The van der Waals surface area contributed by atoms with Crippen LogP contribution < -0.4 is 10.2 Å².